The smallest absolute Gasteiger partial charge is 0.371 e. The van der Waals surface area contributed by atoms with Gasteiger partial charge < -0.3 is 14.6 Å². The van der Waals surface area contributed by atoms with Crippen molar-refractivity contribution in [2.24, 2.45) is 0 Å². The highest BCUT2D eigenvalue weighted by atomic mass is 127. The molecule has 0 bridgehead atoms. The predicted molar refractivity (Wildman–Crippen MR) is 45.7 cm³/mol. The van der Waals surface area contributed by atoms with Gasteiger partial charge in [0.2, 0.25) is 12.1 Å². The maximum atomic E-state index is 10.3. The zero-order chi connectivity index (χ0) is 9.14. The number of aromatic carboxylic acids is 1. The van der Waals surface area contributed by atoms with E-state index in [0.29, 0.717) is 0 Å². The summed E-state index contributed by atoms with van der Waals surface area (Å²) in [6, 6.07) is 2.59. The summed E-state index contributed by atoms with van der Waals surface area (Å²) >= 11 is 1.49. The minimum Gasteiger partial charge on any atom is -0.475 e. The van der Waals surface area contributed by atoms with Gasteiger partial charge in [0.25, 0.3) is 0 Å². The molecule has 66 valence electrons. The standard InChI is InChI=1S/C6H5IO5/c7-12-6(10)4-2-1-3(11-4)5(8)9/h1-2,6,10H,(H,8,9). The Morgan fingerprint density at radius 1 is 1.67 bits per heavy atom. The third-order valence-electron chi connectivity index (χ3n) is 1.17. The van der Waals surface area contributed by atoms with Crippen molar-refractivity contribution < 1.29 is 22.5 Å². The minimum atomic E-state index is -1.22. The van der Waals surface area contributed by atoms with Gasteiger partial charge in [0.15, 0.2) is 5.76 Å². The molecule has 12 heavy (non-hydrogen) atoms. The summed E-state index contributed by atoms with van der Waals surface area (Å²) in [5.74, 6) is -1.33. The Labute approximate surface area is 81.6 Å². The third kappa shape index (κ3) is 1.96. The number of aliphatic hydroxyl groups excluding tert-OH is 1. The largest absolute Gasteiger partial charge is 0.475 e. The van der Waals surface area contributed by atoms with Gasteiger partial charge in [-0.1, -0.05) is 0 Å². The van der Waals surface area contributed by atoms with Crippen LogP contribution in [0.15, 0.2) is 16.5 Å². The summed E-state index contributed by atoms with van der Waals surface area (Å²) < 4.78 is 9.19. The second-order valence-corrected chi connectivity index (χ2v) is 2.46. The van der Waals surface area contributed by atoms with Gasteiger partial charge in [0.05, 0.1) is 0 Å². The SMILES string of the molecule is O=C(O)c1ccc(C(O)OI)o1. The number of hydrogen-bond acceptors (Lipinski definition) is 4. The van der Waals surface area contributed by atoms with Crippen LogP contribution in [0.5, 0.6) is 0 Å². The molecule has 0 saturated carbocycles. The molecule has 1 rings (SSSR count). The maximum Gasteiger partial charge on any atom is 0.371 e. The molecule has 1 aromatic heterocycles. The summed E-state index contributed by atoms with van der Waals surface area (Å²) in [7, 11) is 0. The summed E-state index contributed by atoms with van der Waals surface area (Å²) in [6.45, 7) is 0. The van der Waals surface area contributed by atoms with E-state index in [4.69, 9.17) is 14.6 Å². The molecule has 0 aliphatic carbocycles. The molecule has 1 aromatic rings. The summed E-state index contributed by atoms with van der Waals surface area (Å²) in [5.41, 5.74) is 0. The summed E-state index contributed by atoms with van der Waals surface area (Å²) in [4.78, 5) is 10.3. The van der Waals surface area contributed by atoms with E-state index in [-0.39, 0.29) is 11.5 Å². The van der Waals surface area contributed by atoms with Crippen molar-refractivity contribution in [3.8, 4) is 0 Å². The van der Waals surface area contributed by atoms with Crippen LogP contribution in [-0.4, -0.2) is 16.2 Å². The molecule has 2 N–H and O–H groups in total. The number of rotatable bonds is 3. The van der Waals surface area contributed by atoms with Crippen LogP contribution in [0.1, 0.15) is 22.6 Å². The van der Waals surface area contributed by atoms with Crippen molar-refractivity contribution in [2.45, 2.75) is 6.29 Å². The van der Waals surface area contributed by atoms with Crippen LogP contribution in [0.2, 0.25) is 0 Å². The average Bonchev–Trinajstić information content (AvgIpc) is 2.51. The van der Waals surface area contributed by atoms with Gasteiger partial charge in [-0.25, -0.2) is 4.79 Å². The van der Waals surface area contributed by atoms with E-state index in [1.165, 1.54) is 35.1 Å². The van der Waals surface area contributed by atoms with Crippen LogP contribution >= 0.6 is 23.0 Å². The molecule has 0 aliphatic heterocycles. The van der Waals surface area contributed by atoms with Gasteiger partial charge in [0, 0.05) is 0 Å². The van der Waals surface area contributed by atoms with E-state index in [9.17, 15) is 4.79 Å². The van der Waals surface area contributed by atoms with E-state index in [1.54, 1.807) is 0 Å². The highest BCUT2D eigenvalue weighted by Crippen LogP contribution is 2.19. The topological polar surface area (TPSA) is 79.9 Å². The van der Waals surface area contributed by atoms with Gasteiger partial charge in [-0.2, -0.15) is 0 Å². The quantitative estimate of drug-likeness (QED) is 0.646. The number of furan rings is 1. The molecular weight excluding hydrogens is 279 g/mol. The number of carbonyl (C=O) groups is 1. The van der Waals surface area contributed by atoms with Gasteiger partial charge in [-0.3, -0.25) is 3.07 Å². The Morgan fingerprint density at radius 3 is 2.75 bits per heavy atom. The molecule has 0 fully saturated rings. The summed E-state index contributed by atoms with van der Waals surface area (Å²) in [5, 5.41) is 17.4. The molecule has 0 radical (unpaired) electrons. The molecule has 1 unspecified atom stereocenters. The fourth-order valence-corrected chi connectivity index (χ4v) is 0.895. The van der Waals surface area contributed by atoms with Crippen LogP contribution in [-0.2, 0) is 3.07 Å². The number of aliphatic hydroxyl groups is 1. The molecule has 0 spiro atoms. The molecule has 5 nitrogen and oxygen atoms in total. The second-order valence-electron chi connectivity index (χ2n) is 1.95. The number of carboxylic acid groups (broad SMARTS) is 1. The normalized spacial score (nSPS) is 12.8. The van der Waals surface area contributed by atoms with Gasteiger partial charge in [-0.05, 0) is 12.1 Å². The third-order valence-corrected chi connectivity index (χ3v) is 1.65. The predicted octanol–water partition coefficient (Wildman–Crippen LogP) is 1.34. The van der Waals surface area contributed by atoms with Crippen molar-refractivity contribution >= 4 is 29.0 Å². The van der Waals surface area contributed by atoms with Crippen molar-refractivity contribution in [2.75, 3.05) is 0 Å². The van der Waals surface area contributed by atoms with E-state index in [0.717, 1.165) is 0 Å². The molecule has 1 heterocycles. The molecule has 0 aliphatic rings. The van der Waals surface area contributed by atoms with Crippen molar-refractivity contribution in [1.82, 2.24) is 0 Å². The van der Waals surface area contributed by atoms with Crippen LogP contribution in [0.25, 0.3) is 0 Å². The van der Waals surface area contributed by atoms with Crippen molar-refractivity contribution in [1.29, 1.82) is 0 Å². The number of carboxylic acids is 1. The number of hydrogen-bond donors (Lipinski definition) is 2. The Morgan fingerprint density at radius 2 is 2.33 bits per heavy atom. The zero-order valence-corrected chi connectivity index (χ0v) is 7.89. The second kappa shape index (κ2) is 3.87. The van der Waals surface area contributed by atoms with Gasteiger partial charge in [-0.15, -0.1) is 0 Å². The van der Waals surface area contributed by atoms with Crippen LogP contribution in [0.4, 0.5) is 0 Å². The first-order valence-electron chi connectivity index (χ1n) is 2.93. The zero-order valence-electron chi connectivity index (χ0n) is 5.73. The minimum absolute atomic E-state index is 0.0711. The summed E-state index contributed by atoms with van der Waals surface area (Å²) in [6.07, 6.45) is -1.22. The Kier molecular flexibility index (Phi) is 3.06. The number of halogens is 1. The first-order chi connectivity index (χ1) is 5.65. The van der Waals surface area contributed by atoms with E-state index in [2.05, 4.69) is 3.07 Å². The van der Waals surface area contributed by atoms with E-state index in [1.807, 2.05) is 0 Å². The Bertz CT molecular complexity index is 281. The Hall–Kier alpha value is -0.600. The first-order valence-corrected chi connectivity index (χ1v) is 3.81. The fourth-order valence-electron chi connectivity index (χ4n) is 0.644. The highest BCUT2D eigenvalue weighted by molar-refractivity contribution is 14.1. The molecule has 0 aromatic carbocycles. The molecule has 1 atom stereocenters. The molecule has 0 amide bonds. The lowest BCUT2D eigenvalue weighted by molar-refractivity contribution is -0.00286. The molecule has 0 saturated heterocycles. The van der Waals surface area contributed by atoms with Crippen LogP contribution in [0, 0.1) is 0 Å². The van der Waals surface area contributed by atoms with Crippen molar-refractivity contribution in [3.63, 3.8) is 0 Å². The Balaban J connectivity index is 2.84. The lowest BCUT2D eigenvalue weighted by atomic mass is 10.4. The highest BCUT2D eigenvalue weighted by Gasteiger charge is 2.14. The lowest BCUT2D eigenvalue weighted by Crippen LogP contribution is -1.95. The first kappa shape index (κ1) is 9.49. The average molecular weight is 284 g/mol. The monoisotopic (exact) mass is 284 g/mol. The lowest BCUT2D eigenvalue weighted by Gasteiger charge is -2.00. The van der Waals surface area contributed by atoms with Gasteiger partial charge in [0.1, 0.15) is 23.0 Å². The van der Waals surface area contributed by atoms with Crippen LogP contribution in [0.3, 0.4) is 0 Å². The van der Waals surface area contributed by atoms with E-state index >= 15 is 0 Å². The maximum absolute atomic E-state index is 10.3. The molecule has 6 heteroatoms. The molecular formula is C6H5IO5. The van der Waals surface area contributed by atoms with E-state index < -0.39 is 12.3 Å². The fraction of sp³-hybridized carbons (Fsp3) is 0.167. The van der Waals surface area contributed by atoms with Crippen molar-refractivity contribution in [3.05, 3.63) is 23.7 Å². The van der Waals surface area contributed by atoms with Gasteiger partial charge >= 0.3 is 5.97 Å². The van der Waals surface area contributed by atoms with Crippen LogP contribution < -0.4 is 0 Å².